The zero-order valence-corrected chi connectivity index (χ0v) is 11.1. The van der Waals surface area contributed by atoms with Crippen LogP contribution in [0, 0.1) is 11.6 Å². The molecule has 0 bridgehead atoms. The Morgan fingerprint density at radius 2 is 1.81 bits per heavy atom. The predicted octanol–water partition coefficient (Wildman–Crippen LogP) is 2.95. The van der Waals surface area contributed by atoms with Gasteiger partial charge in [0.2, 0.25) is 5.91 Å². The average molecular weight is 292 g/mol. The maximum absolute atomic E-state index is 12.9. The van der Waals surface area contributed by atoms with Crippen LogP contribution >= 0.6 is 0 Å². The van der Waals surface area contributed by atoms with E-state index in [0.29, 0.717) is 11.4 Å². The fourth-order valence-corrected chi connectivity index (χ4v) is 1.62. The van der Waals surface area contributed by atoms with E-state index >= 15 is 0 Å². The summed E-state index contributed by atoms with van der Waals surface area (Å²) >= 11 is 0. The Kier molecular flexibility index (Phi) is 4.71. The highest BCUT2D eigenvalue weighted by molar-refractivity contribution is 5.90. The maximum atomic E-state index is 12.9. The van der Waals surface area contributed by atoms with Gasteiger partial charge in [0.1, 0.15) is 5.75 Å². The number of halogens is 2. The van der Waals surface area contributed by atoms with Gasteiger partial charge >= 0.3 is 0 Å². The number of ether oxygens (including phenoxy) is 1. The Balaban J connectivity index is 1.78. The summed E-state index contributed by atoms with van der Waals surface area (Å²) < 4.78 is 30.8. The molecule has 0 atom stereocenters. The summed E-state index contributed by atoms with van der Waals surface area (Å²) in [6, 6.07) is 9.93. The van der Waals surface area contributed by atoms with Crippen LogP contribution in [-0.4, -0.2) is 12.5 Å². The van der Waals surface area contributed by atoms with E-state index in [4.69, 9.17) is 10.5 Å². The standard InChI is InChI=1S/C15H14F2N2O2/c16-13-6-5-12(9-14(13)17)21-8-7-15(20)19-11-3-1-10(18)2-4-11/h1-6,9H,7-8,18H2,(H,19,20). The molecule has 110 valence electrons. The van der Waals surface area contributed by atoms with Gasteiger partial charge in [-0.15, -0.1) is 0 Å². The Bertz CT molecular complexity index is 630. The van der Waals surface area contributed by atoms with Crippen molar-refractivity contribution in [1.29, 1.82) is 0 Å². The number of amides is 1. The minimum absolute atomic E-state index is 0.0614. The molecule has 2 aromatic rings. The highest BCUT2D eigenvalue weighted by Gasteiger charge is 2.05. The van der Waals surface area contributed by atoms with Gasteiger partial charge in [0.05, 0.1) is 13.0 Å². The second kappa shape index (κ2) is 6.69. The van der Waals surface area contributed by atoms with Gasteiger partial charge in [-0.2, -0.15) is 0 Å². The first kappa shape index (κ1) is 14.8. The topological polar surface area (TPSA) is 64.3 Å². The zero-order chi connectivity index (χ0) is 15.2. The third kappa shape index (κ3) is 4.45. The molecular weight excluding hydrogens is 278 g/mol. The van der Waals surface area contributed by atoms with Crippen LogP contribution in [0.15, 0.2) is 42.5 Å². The minimum Gasteiger partial charge on any atom is -0.493 e. The highest BCUT2D eigenvalue weighted by atomic mass is 19.2. The summed E-state index contributed by atoms with van der Waals surface area (Å²) in [5, 5.41) is 2.67. The molecule has 3 N–H and O–H groups in total. The monoisotopic (exact) mass is 292 g/mol. The van der Waals surface area contributed by atoms with Gasteiger partial charge in [-0.1, -0.05) is 0 Å². The smallest absolute Gasteiger partial charge is 0.227 e. The van der Waals surface area contributed by atoms with Gasteiger partial charge in [-0.3, -0.25) is 4.79 Å². The fraction of sp³-hybridized carbons (Fsp3) is 0.133. The average Bonchev–Trinajstić information content (AvgIpc) is 2.45. The van der Waals surface area contributed by atoms with Crippen LogP contribution in [-0.2, 0) is 4.79 Å². The first-order valence-corrected chi connectivity index (χ1v) is 6.28. The van der Waals surface area contributed by atoms with E-state index in [0.717, 1.165) is 12.1 Å². The largest absolute Gasteiger partial charge is 0.493 e. The Morgan fingerprint density at radius 3 is 2.48 bits per heavy atom. The van der Waals surface area contributed by atoms with Crippen molar-refractivity contribution in [2.45, 2.75) is 6.42 Å². The van der Waals surface area contributed by atoms with E-state index in [1.807, 2.05) is 0 Å². The molecule has 21 heavy (non-hydrogen) atoms. The molecule has 0 aliphatic carbocycles. The predicted molar refractivity (Wildman–Crippen MR) is 76.0 cm³/mol. The lowest BCUT2D eigenvalue weighted by atomic mass is 10.3. The van der Waals surface area contributed by atoms with Crippen molar-refractivity contribution < 1.29 is 18.3 Å². The molecule has 0 aliphatic rings. The number of hydrogen-bond acceptors (Lipinski definition) is 3. The molecule has 2 aromatic carbocycles. The number of anilines is 2. The lowest BCUT2D eigenvalue weighted by Gasteiger charge is -2.08. The van der Waals surface area contributed by atoms with Crippen molar-refractivity contribution in [3.8, 4) is 5.75 Å². The van der Waals surface area contributed by atoms with E-state index in [-0.39, 0.29) is 24.7 Å². The van der Waals surface area contributed by atoms with Crippen molar-refractivity contribution in [1.82, 2.24) is 0 Å². The number of rotatable bonds is 5. The zero-order valence-electron chi connectivity index (χ0n) is 11.1. The van der Waals surface area contributed by atoms with Gasteiger partial charge in [0.15, 0.2) is 11.6 Å². The van der Waals surface area contributed by atoms with Crippen molar-refractivity contribution >= 4 is 17.3 Å². The summed E-state index contributed by atoms with van der Waals surface area (Å²) in [6.07, 6.45) is 0.0867. The van der Waals surface area contributed by atoms with Crippen LogP contribution in [0.3, 0.4) is 0 Å². The first-order valence-electron chi connectivity index (χ1n) is 6.28. The van der Waals surface area contributed by atoms with Crippen molar-refractivity contribution in [2.24, 2.45) is 0 Å². The minimum atomic E-state index is -0.987. The summed E-state index contributed by atoms with van der Waals surface area (Å²) in [4.78, 5) is 11.7. The Morgan fingerprint density at radius 1 is 1.10 bits per heavy atom. The van der Waals surface area contributed by atoms with Gasteiger partial charge in [-0.05, 0) is 36.4 Å². The van der Waals surface area contributed by atoms with Crippen LogP contribution in [0.5, 0.6) is 5.75 Å². The molecule has 0 fully saturated rings. The number of benzene rings is 2. The van der Waals surface area contributed by atoms with Gasteiger partial charge in [-0.25, -0.2) is 8.78 Å². The SMILES string of the molecule is Nc1ccc(NC(=O)CCOc2ccc(F)c(F)c2)cc1. The van der Waals surface area contributed by atoms with Crippen LogP contribution in [0.25, 0.3) is 0 Å². The number of hydrogen-bond donors (Lipinski definition) is 2. The van der Waals surface area contributed by atoms with Crippen LogP contribution in [0.4, 0.5) is 20.2 Å². The molecule has 6 heteroatoms. The molecule has 0 radical (unpaired) electrons. The summed E-state index contributed by atoms with van der Waals surface area (Å²) in [5.41, 5.74) is 6.77. The van der Waals surface area contributed by atoms with Crippen LogP contribution < -0.4 is 15.8 Å². The number of carbonyl (C=O) groups is 1. The quantitative estimate of drug-likeness (QED) is 0.833. The van der Waals surface area contributed by atoms with Crippen LogP contribution in [0.2, 0.25) is 0 Å². The normalized spacial score (nSPS) is 10.2. The van der Waals surface area contributed by atoms with E-state index in [2.05, 4.69) is 5.32 Å². The molecule has 2 rings (SSSR count). The maximum Gasteiger partial charge on any atom is 0.227 e. The molecular formula is C15H14F2N2O2. The second-order valence-electron chi connectivity index (χ2n) is 4.34. The lowest BCUT2D eigenvalue weighted by Crippen LogP contribution is -2.15. The molecule has 0 aromatic heterocycles. The van der Waals surface area contributed by atoms with Gasteiger partial charge in [0.25, 0.3) is 0 Å². The summed E-state index contributed by atoms with van der Waals surface area (Å²) in [5.74, 6) is -2.00. The number of nitrogens with one attached hydrogen (secondary N) is 1. The number of nitrogen functional groups attached to an aromatic ring is 1. The van der Waals surface area contributed by atoms with Crippen molar-refractivity contribution in [3.05, 3.63) is 54.1 Å². The molecule has 0 unspecified atom stereocenters. The fourth-order valence-electron chi connectivity index (χ4n) is 1.62. The Labute approximate surface area is 120 Å². The second-order valence-corrected chi connectivity index (χ2v) is 4.34. The number of carbonyl (C=O) groups excluding carboxylic acids is 1. The van der Waals surface area contributed by atoms with Crippen LogP contribution in [0.1, 0.15) is 6.42 Å². The molecule has 0 aliphatic heterocycles. The lowest BCUT2D eigenvalue weighted by molar-refractivity contribution is -0.116. The Hall–Kier alpha value is -2.63. The molecule has 1 amide bonds. The van der Waals surface area contributed by atoms with Gasteiger partial charge in [0, 0.05) is 17.4 Å². The molecule has 0 saturated heterocycles. The van der Waals surface area contributed by atoms with Gasteiger partial charge < -0.3 is 15.8 Å². The molecule has 0 heterocycles. The first-order chi connectivity index (χ1) is 10.0. The summed E-state index contributed by atoms with van der Waals surface area (Å²) in [7, 11) is 0. The third-order valence-corrected chi connectivity index (χ3v) is 2.68. The number of nitrogens with two attached hydrogens (primary N) is 1. The van der Waals surface area contributed by atoms with E-state index in [9.17, 15) is 13.6 Å². The summed E-state index contributed by atoms with van der Waals surface area (Å²) in [6.45, 7) is 0.0614. The molecule has 4 nitrogen and oxygen atoms in total. The highest BCUT2D eigenvalue weighted by Crippen LogP contribution is 2.15. The molecule has 0 saturated carbocycles. The molecule has 0 spiro atoms. The van der Waals surface area contributed by atoms with Crippen molar-refractivity contribution in [3.63, 3.8) is 0 Å². The van der Waals surface area contributed by atoms with E-state index in [1.165, 1.54) is 6.07 Å². The van der Waals surface area contributed by atoms with E-state index < -0.39 is 11.6 Å². The third-order valence-electron chi connectivity index (χ3n) is 2.68. The van der Waals surface area contributed by atoms with Crippen molar-refractivity contribution in [2.75, 3.05) is 17.7 Å². The van der Waals surface area contributed by atoms with E-state index in [1.54, 1.807) is 24.3 Å².